The molecule has 3 rings (SSSR count). The van der Waals surface area contributed by atoms with Gasteiger partial charge in [0.25, 0.3) is 5.91 Å². The van der Waals surface area contributed by atoms with Crippen LogP contribution in [-0.2, 0) is 4.79 Å². The van der Waals surface area contributed by atoms with Gasteiger partial charge >= 0.3 is 0 Å². The Hall–Kier alpha value is -2.65. The molecule has 2 heterocycles. The van der Waals surface area contributed by atoms with Gasteiger partial charge in [0.1, 0.15) is 17.7 Å². The van der Waals surface area contributed by atoms with E-state index in [2.05, 4.69) is 18.3 Å². The normalized spacial score (nSPS) is 19.5. The molecule has 142 valence electrons. The summed E-state index contributed by atoms with van der Waals surface area (Å²) in [4.78, 5) is 14.0. The Kier molecular flexibility index (Phi) is 5.62. The predicted octanol–water partition coefficient (Wildman–Crippen LogP) is 2.50. The van der Waals surface area contributed by atoms with Crippen LogP contribution < -0.4 is 10.2 Å². The van der Waals surface area contributed by atoms with E-state index in [9.17, 15) is 14.4 Å². The highest BCUT2D eigenvalue weighted by atomic mass is 19.1. The third-order valence-corrected chi connectivity index (χ3v) is 5.62. The molecular formula is C21H26FN4O+. The summed E-state index contributed by atoms with van der Waals surface area (Å²) in [6.07, 6.45) is 3.48. The standard InChI is InChI=1S/C21H25FN4O/c1-14-7-4-5-10-25(14)13-20(27)24-21-19(12-23)15(2)16(3)26(21)18-9-6-8-17(22)11-18/h6,8-9,11,14H,4-5,7,10,13H2,1-3H3,(H,24,27)/p+1/t14-/m0/s1. The van der Waals surface area contributed by atoms with E-state index in [1.54, 1.807) is 16.7 Å². The maximum absolute atomic E-state index is 13.8. The van der Waals surface area contributed by atoms with E-state index < -0.39 is 0 Å². The topological polar surface area (TPSA) is 62.3 Å². The molecule has 1 saturated heterocycles. The largest absolute Gasteiger partial charge is 0.325 e. The second-order valence-corrected chi connectivity index (χ2v) is 7.39. The molecule has 27 heavy (non-hydrogen) atoms. The molecule has 1 aliphatic heterocycles. The Morgan fingerprint density at radius 1 is 1.41 bits per heavy atom. The summed E-state index contributed by atoms with van der Waals surface area (Å²) >= 11 is 0. The maximum Gasteiger partial charge on any atom is 0.280 e. The van der Waals surface area contributed by atoms with Crippen LogP contribution in [0.3, 0.4) is 0 Å². The second kappa shape index (κ2) is 7.93. The van der Waals surface area contributed by atoms with E-state index in [4.69, 9.17) is 0 Å². The average molecular weight is 369 g/mol. The van der Waals surface area contributed by atoms with E-state index in [1.165, 1.54) is 23.5 Å². The third-order valence-electron chi connectivity index (χ3n) is 5.62. The first kappa shape index (κ1) is 19.1. The smallest absolute Gasteiger partial charge is 0.280 e. The lowest BCUT2D eigenvalue weighted by molar-refractivity contribution is -0.920. The van der Waals surface area contributed by atoms with Crippen LogP contribution in [0.15, 0.2) is 24.3 Å². The van der Waals surface area contributed by atoms with Crippen LogP contribution in [0.2, 0.25) is 0 Å². The summed E-state index contributed by atoms with van der Waals surface area (Å²) < 4.78 is 15.5. The Bertz CT molecular complexity index is 896. The number of halogens is 1. The van der Waals surface area contributed by atoms with Gasteiger partial charge in [0.2, 0.25) is 0 Å². The summed E-state index contributed by atoms with van der Waals surface area (Å²) in [5.41, 5.74) is 2.61. The highest BCUT2D eigenvalue weighted by Crippen LogP contribution is 2.30. The fourth-order valence-electron chi connectivity index (χ4n) is 3.90. The van der Waals surface area contributed by atoms with E-state index >= 15 is 0 Å². The highest BCUT2D eigenvalue weighted by Gasteiger charge is 2.26. The molecule has 2 atom stereocenters. The minimum absolute atomic E-state index is 0.120. The fraction of sp³-hybridized carbons (Fsp3) is 0.429. The van der Waals surface area contributed by atoms with Crippen molar-refractivity contribution in [2.75, 3.05) is 18.4 Å². The van der Waals surface area contributed by atoms with Crippen LogP contribution in [0.5, 0.6) is 0 Å². The number of likely N-dealkylation sites (tertiary alicyclic amines) is 1. The van der Waals surface area contributed by atoms with Crippen molar-refractivity contribution in [3.8, 4) is 11.8 Å². The molecule has 1 aromatic heterocycles. The SMILES string of the molecule is Cc1c(C#N)c(NC(=O)C[NH+]2CCCC[C@@H]2C)n(-c2cccc(F)c2)c1C. The van der Waals surface area contributed by atoms with Crippen molar-refractivity contribution in [3.05, 3.63) is 46.9 Å². The van der Waals surface area contributed by atoms with Crippen LogP contribution in [0.1, 0.15) is 43.0 Å². The number of carbonyl (C=O) groups excluding carboxylic acids is 1. The van der Waals surface area contributed by atoms with Crippen LogP contribution in [0, 0.1) is 31.0 Å². The number of amides is 1. The summed E-state index contributed by atoms with van der Waals surface area (Å²) in [7, 11) is 0. The number of benzene rings is 1. The van der Waals surface area contributed by atoms with Gasteiger partial charge in [0.05, 0.1) is 23.8 Å². The predicted molar refractivity (Wildman–Crippen MR) is 103 cm³/mol. The minimum atomic E-state index is -0.361. The number of nitriles is 1. The number of quaternary nitrogens is 1. The van der Waals surface area contributed by atoms with Gasteiger partial charge in [0, 0.05) is 5.69 Å². The zero-order chi connectivity index (χ0) is 19.6. The van der Waals surface area contributed by atoms with Crippen LogP contribution in [0.4, 0.5) is 10.2 Å². The van der Waals surface area contributed by atoms with E-state index in [-0.39, 0.29) is 11.7 Å². The lowest BCUT2D eigenvalue weighted by Crippen LogP contribution is -3.17. The summed E-state index contributed by atoms with van der Waals surface area (Å²) in [6, 6.07) is 8.82. The monoisotopic (exact) mass is 369 g/mol. The molecule has 1 aromatic carbocycles. The van der Waals surface area contributed by atoms with E-state index in [1.807, 2.05) is 13.8 Å². The van der Waals surface area contributed by atoms with Gasteiger partial charge in [-0.1, -0.05) is 6.07 Å². The van der Waals surface area contributed by atoms with E-state index in [0.29, 0.717) is 29.7 Å². The Morgan fingerprint density at radius 3 is 2.85 bits per heavy atom. The molecule has 5 nitrogen and oxygen atoms in total. The van der Waals surface area contributed by atoms with Gasteiger partial charge in [-0.05, 0) is 63.8 Å². The molecule has 1 amide bonds. The van der Waals surface area contributed by atoms with Gasteiger partial charge in [0.15, 0.2) is 6.54 Å². The molecule has 1 aliphatic rings. The lowest BCUT2D eigenvalue weighted by Gasteiger charge is -2.29. The number of rotatable bonds is 4. The quantitative estimate of drug-likeness (QED) is 0.870. The number of aromatic nitrogens is 1. The first-order valence-electron chi connectivity index (χ1n) is 9.44. The van der Waals surface area contributed by atoms with Gasteiger partial charge < -0.3 is 10.2 Å². The molecule has 2 aromatic rings. The van der Waals surface area contributed by atoms with Crippen LogP contribution >= 0.6 is 0 Å². The molecular weight excluding hydrogens is 343 g/mol. The number of nitrogens with one attached hydrogen (secondary N) is 2. The maximum atomic E-state index is 13.8. The van der Waals surface area contributed by atoms with Gasteiger partial charge in [-0.3, -0.25) is 9.36 Å². The second-order valence-electron chi connectivity index (χ2n) is 7.39. The number of hydrogen-bond donors (Lipinski definition) is 2. The molecule has 6 heteroatoms. The van der Waals surface area contributed by atoms with E-state index in [0.717, 1.165) is 30.6 Å². The molecule has 0 saturated carbocycles. The van der Waals surface area contributed by atoms with Crippen LogP contribution in [-0.4, -0.2) is 29.6 Å². The lowest BCUT2D eigenvalue weighted by atomic mass is 10.0. The fourth-order valence-corrected chi connectivity index (χ4v) is 3.90. The van der Waals surface area contributed by atoms with Crippen LogP contribution in [0.25, 0.3) is 5.69 Å². The van der Waals surface area contributed by atoms with Crippen molar-refractivity contribution in [3.63, 3.8) is 0 Å². The Labute approximate surface area is 159 Å². The summed E-state index contributed by atoms with van der Waals surface area (Å²) in [5, 5.41) is 12.6. The molecule has 1 unspecified atom stereocenters. The van der Waals surface area contributed by atoms with Crippen molar-refractivity contribution in [1.82, 2.24) is 4.57 Å². The minimum Gasteiger partial charge on any atom is -0.325 e. The van der Waals surface area contributed by atoms with Gasteiger partial charge in [-0.15, -0.1) is 0 Å². The zero-order valence-corrected chi connectivity index (χ0v) is 16.1. The summed E-state index contributed by atoms with van der Waals surface area (Å²) in [6.45, 7) is 7.25. The Balaban J connectivity index is 1.93. The van der Waals surface area contributed by atoms with Crippen molar-refractivity contribution >= 4 is 11.7 Å². The van der Waals surface area contributed by atoms with Crippen molar-refractivity contribution in [2.45, 2.75) is 46.1 Å². The first-order chi connectivity index (χ1) is 12.9. The molecule has 0 radical (unpaired) electrons. The Morgan fingerprint density at radius 2 is 2.19 bits per heavy atom. The number of anilines is 1. The van der Waals surface area contributed by atoms with Crippen molar-refractivity contribution < 1.29 is 14.1 Å². The van der Waals surface area contributed by atoms with Gasteiger partial charge in [-0.25, -0.2) is 4.39 Å². The molecule has 0 bridgehead atoms. The summed E-state index contributed by atoms with van der Waals surface area (Å²) in [5.74, 6) is -0.0572. The number of piperidine rings is 1. The number of nitrogens with zero attached hydrogens (tertiary/aromatic N) is 2. The molecule has 1 fully saturated rings. The third kappa shape index (κ3) is 3.88. The molecule has 0 spiro atoms. The first-order valence-corrected chi connectivity index (χ1v) is 9.44. The van der Waals surface area contributed by atoms with Crippen molar-refractivity contribution in [1.29, 1.82) is 5.26 Å². The zero-order valence-electron chi connectivity index (χ0n) is 16.1. The number of hydrogen-bond acceptors (Lipinski definition) is 2. The van der Waals surface area contributed by atoms with Crippen molar-refractivity contribution in [2.24, 2.45) is 0 Å². The number of carbonyl (C=O) groups is 1. The van der Waals surface area contributed by atoms with Gasteiger partial charge in [-0.2, -0.15) is 5.26 Å². The average Bonchev–Trinajstić information content (AvgIpc) is 2.87. The molecule has 0 aliphatic carbocycles. The highest BCUT2D eigenvalue weighted by molar-refractivity contribution is 5.93. The molecule has 2 N–H and O–H groups in total.